The Balaban J connectivity index is 2.10. The maximum Gasteiger partial charge on any atom is 0.183 e. The van der Waals surface area contributed by atoms with Crippen molar-refractivity contribution in [3.05, 3.63) is 29.6 Å². The maximum atomic E-state index is 6.01. The van der Waals surface area contributed by atoms with E-state index in [1.54, 1.807) is 34.1 Å². The number of hydrogen-bond donors (Lipinski definition) is 2. The van der Waals surface area contributed by atoms with Crippen LogP contribution in [0.3, 0.4) is 0 Å². The molecule has 2 aromatic heterocycles. The SMILES string of the molecule is CCN=c1ccn2c(n1)C(=Nc1nc(N(C)C)c(N)cc1N)C=N2. The van der Waals surface area contributed by atoms with E-state index in [9.17, 15) is 0 Å². The summed E-state index contributed by atoms with van der Waals surface area (Å²) in [7, 11) is 3.71. The summed E-state index contributed by atoms with van der Waals surface area (Å²) < 4.78 is 1.63. The molecule has 0 aromatic carbocycles. The second-order valence-electron chi connectivity index (χ2n) is 5.38. The first kappa shape index (κ1) is 15.7. The smallest absolute Gasteiger partial charge is 0.183 e. The van der Waals surface area contributed by atoms with Crippen molar-refractivity contribution < 1.29 is 0 Å². The van der Waals surface area contributed by atoms with Gasteiger partial charge in [-0.25, -0.2) is 19.6 Å². The molecular weight excluding hydrogens is 306 g/mol. The highest BCUT2D eigenvalue weighted by atomic mass is 15.4. The standard InChI is InChI=1S/C15H19N9/c1-4-18-12-5-6-24-15(21-12)11(8-19-24)20-13-9(16)7-10(17)14(22-13)23(2)3/h5-8H,4,16-17H2,1-3H3. The van der Waals surface area contributed by atoms with Crippen LogP contribution in [0, 0.1) is 0 Å². The van der Waals surface area contributed by atoms with Crippen molar-refractivity contribution in [2.45, 2.75) is 6.92 Å². The van der Waals surface area contributed by atoms with E-state index in [1.807, 2.05) is 21.0 Å². The van der Waals surface area contributed by atoms with Crippen molar-refractivity contribution in [1.82, 2.24) is 14.6 Å². The Morgan fingerprint density at radius 1 is 1.21 bits per heavy atom. The van der Waals surface area contributed by atoms with Crippen LogP contribution in [-0.2, 0) is 0 Å². The van der Waals surface area contributed by atoms with Crippen LogP contribution in [0.15, 0.2) is 33.4 Å². The lowest BCUT2D eigenvalue weighted by molar-refractivity contribution is 0.817. The average molecular weight is 325 g/mol. The zero-order valence-corrected chi connectivity index (χ0v) is 13.8. The number of rotatable bonds is 3. The molecule has 0 fully saturated rings. The minimum Gasteiger partial charge on any atom is -0.396 e. The Kier molecular flexibility index (Phi) is 3.98. The first-order valence-corrected chi connectivity index (χ1v) is 7.46. The summed E-state index contributed by atoms with van der Waals surface area (Å²) in [6, 6.07) is 3.45. The highest BCUT2D eigenvalue weighted by Gasteiger charge is 2.16. The predicted molar refractivity (Wildman–Crippen MR) is 95.8 cm³/mol. The number of nitrogens with two attached hydrogens (primary N) is 2. The topological polar surface area (TPSA) is 123 Å². The Morgan fingerprint density at radius 2 is 2.00 bits per heavy atom. The van der Waals surface area contributed by atoms with Gasteiger partial charge in [-0.1, -0.05) is 0 Å². The molecule has 1 aliphatic rings. The molecule has 0 saturated carbocycles. The van der Waals surface area contributed by atoms with E-state index in [4.69, 9.17) is 11.5 Å². The van der Waals surface area contributed by atoms with Crippen LogP contribution in [-0.4, -0.2) is 47.2 Å². The third-order valence-corrected chi connectivity index (χ3v) is 3.35. The quantitative estimate of drug-likeness (QED) is 0.845. The van der Waals surface area contributed by atoms with E-state index in [0.717, 1.165) is 0 Å². The van der Waals surface area contributed by atoms with Gasteiger partial charge in [0.05, 0.1) is 17.6 Å². The summed E-state index contributed by atoms with van der Waals surface area (Å²) in [6.45, 7) is 2.61. The van der Waals surface area contributed by atoms with Gasteiger partial charge in [-0.05, 0) is 13.0 Å². The fourth-order valence-electron chi connectivity index (χ4n) is 2.26. The molecule has 3 rings (SSSR count). The summed E-state index contributed by atoms with van der Waals surface area (Å²) in [5.41, 5.74) is 14.0. The van der Waals surface area contributed by atoms with Gasteiger partial charge in [-0.3, -0.25) is 4.99 Å². The number of pyridine rings is 1. The van der Waals surface area contributed by atoms with Crippen molar-refractivity contribution >= 4 is 34.9 Å². The van der Waals surface area contributed by atoms with Crippen molar-refractivity contribution in [3.8, 4) is 0 Å². The Morgan fingerprint density at radius 3 is 2.71 bits per heavy atom. The van der Waals surface area contributed by atoms with Gasteiger partial charge in [0.1, 0.15) is 5.71 Å². The monoisotopic (exact) mass is 325 g/mol. The maximum absolute atomic E-state index is 6.01. The molecule has 0 saturated heterocycles. The Labute approximate surface area is 139 Å². The summed E-state index contributed by atoms with van der Waals surface area (Å²) in [5.74, 6) is 1.57. The van der Waals surface area contributed by atoms with Gasteiger partial charge in [-0.2, -0.15) is 5.10 Å². The van der Waals surface area contributed by atoms with Gasteiger partial charge in [0, 0.05) is 32.9 Å². The van der Waals surface area contributed by atoms with E-state index in [0.29, 0.717) is 46.6 Å². The van der Waals surface area contributed by atoms with E-state index >= 15 is 0 Å². The number of anilines is 3. The third kappa shape index (κ3) is 2.83. The molecule has 0 spiro atoms. The first-order chi connectivity index (χ1) is 11.5. The largest absolute Gasteiger partial charge is 0.396 e. The van der Waals surface area contributed by atoms with Crippen LogP contribution in [0.5, 0.6) is 0 Å². The summed E-state index contributed by atoms with van der Waals surface area (Å²) in [4.78, 5) is 19.5. The number of aliphatic imine (C=N–C) groups is 1. The predicted octanol–water partition coefficient (Wildman–Crippen LogP) is 0.397. The summed E-state index contributed by atoms with van der Waals surface area (Å²) >= 11 is 0. The number of fused-ring (bicyclic) bond motifs is 1. The summed E-state index contributed by atoms with van der Waals surface area (Å²) in [6.07, 6.45) is 3.41. The van der Waals surface area contributed by atoms with Crippen LogP contribution in [0.25, 0.3) is 0 Å². The molecule has 0 aliphatic carbocycles. The molecule has 4 N–H and O–H groups in total. The first-order valence-electron chi connectivity index (χ1n) is 7.46. The van der Waals surface area contributed by atoms with Crippen LogP contribution >= 0.6 is 0 Å². The van der Waals surface area contributed by atoms with Gasteiger partial charge in [0.2, 0.25) is 0 Å². The zero-order valence-electron chi connectivity index (χ0n) is 13.8. The molecule has 3 heterocycles. The Bertz CT molecular complexity index is 906. The van der Waals surface area contributed by atoms with Crippen molar-refractivity contribution in [2.24, 2.45) is 15.1 Å². The number of hydrogen-bond acceptors (Lipinski definition) is 8. The van der Waals surface area contributed by atoms with E-state index in [2.05, 4.69) is 25.1 Å². The zero-order chi connectivity index (χ0) is 17.3. The molecular formula is C15H19N9. The van der Waals surface area contributed by atoms with Gasteiger partial charge in [0.25, 0.3) is 0 Å². The molecule has 0 unspecified atom stereocenters. The molecule has 0 radical (unpaired) electrons. The normalized spacial score (nSPS) is 15.1. The molecule has 0 amide bonds. The van der Waals surface area contributed by atoms with Crippen LogP contribution in [0.2, 0.25) is 0 Å². The minimum atomic E-state index is 0.377. The van der Waals surface area contributed by atoms with E-state index in [1.165, 1.54) is 0 Å². The van der Waals surface area contributed by atoms with Gasteiger partial charge >= 0.3 is 0 Å². The molecule has 2 aromatic rings. The van der Waals surface area contributed by atoms with E-state index in [-0.39, 0.29) is 0 Å². The third-order valence-electron chi connectivity index (χ3n) is 3.35. The Hall–Kier alpha value is -3.23. The molecule has 0 atom stereocenters. The van der Waals surface area contributed by atoms with Crippen LogP contribution in [0.4, 0.5) is 23.0 Å². The van der Waals surface area contributed by atoms with Gasteiger partial charge in [0.15, 0.2) is 22.9 Å². The van der Waals surface area contributed by atoms with Crippen LogP contribution in [0.1, 0.15) is 12.7 Å². The molecule has 124 valence electrons. The number of aromatic nitrogens is 3. The fourth-order valence-corrected chi connectivity index (χ4v) is 2.26. The second kappa shape index (κ2) is 6.11. The fraction of sp³-hybridized carbons (Fsp3) is 0.267. The molecule has 24 heavy (non-hydrogen) atoms. The summed E-state index contributed by atoms with van der Waals surface area (Å²) in [5, 5.41) is 4.24. The van der Waals surface area contributed by atoms with Crippen molar-refractivity contribution in [3.63, 3.8) is 0 Å². The van der Waals surface area contributed by atoms with Crippen LogP contribution < -0.4 is 21.9 Å². The second-order valence-corrected chi connectivity index (χ2v) is 5.38. The average Bonchev–Trinajstić information content (AvgIpc) is 2.92. The highest BCUT2D eigenvalue weighted by molar-refractivity contribution is 6.39. The lowest BCUT2D eigenvalue weighted by Gasteiger charge is -2.15. The molecule has 9 heteroatoms. The molecule has 9 nitrogen and oxygen atoms in total. The lowest BCUT2D eigenvalue weighted by Crippen LogP contribution is -2.17. The van der Waals surface area contributed by atoms with Crippen molar-refractivity contribution in [1.29, 1.82) is 0 Å². The van der Waals surface area contributed by atoms with Gasteiger partial charge < -0.3 is 16.4 Å². The minimum absolute atomic E-state index is 0.377. The molecule has 0 bridgehead atoms. The van der Waals surface area contributed by atoms with E-state index < -0.39 is 0 Å². The number of nitrogens with zero attached hydrogens (tertiary/aromatic N) is 7. The number of nitrogen functional groups attached to an aromatic ring is 2. The highest BCUT2D eigenvalue weighted by Crippen LogP contribution is 2.29. The molecule has 1 aliphatic heterocycles. The lowest BCUT2D eigenvalue weighted by atomic mass is 10.3. The van der Waals surface area contributed by atoms with Crippen molar-refractivity contribution in [2.75, 3.05) is 37.0 Å². The van der Waals surface area contributed by atoms with Gasteiger partial charge in [-0.15, -0.1) is 0 Å².